The zero-order valence-corrected chi connectivity index (χ0v) is 11.0. The van der Waals surface area contributed by atoms with Crippen LogP contribution < -0.4 is 5.32 Å². The second-order valence-electron chi connectivity index (χ2n) is 5.20. The van der Waals surface area contributed by atoms with Crippen LogP contribution in [0.5, 0.6) is 0 Å². The van der Waals surface area contributed by atoms with Crippen LogP contribution in [0.4, 0.5) is 5.69 Å². The lowest BCUT2D eigenvalue weighted by Gasteiger charge is -2.19. The highest BCUT2D eigenvalue weighted by molar-refractivity contribution is 6.31. The van der Waals surface area contributed by atoms with Crippen molar-refractivity contribution >= 4 is 17.3 Å². The van der Waals surface area contributed by atoms with Gasteiger partial charge in [0.1, 0.15) is 0 Å². The van der Waals surface area contributed by atoms with Gasteiger partial charge in [-0.15, -0.1) is 0 Å². The predicted molar refractivity (Wildman–Crippen MR) is 69.3 cm³/mol. The van der Waals surface area contributed by atoms with Gasteiger partial charge in [-0.25, -0.2) is 0 Å². The van der Waals surface area contributed by atoms with Crippen molar-refractivity contribution in [2.24, 2.45) is 5.41 Å². The minimum Gasteiger partial charge on any atom is -0.312 e. The van der Waals surface area contributed by atoms with Gasteiger partial charge in [-0.3, -0.25) is 10.1 Å². The first-order chi connectivity index (χ1) is 7.79. The van der Waals surface area contributed by atoms with E-state index in [9.17, 15) is 10.1 Å². The molecule has 4 nitrogen and oxygen atoms in total. The van der Waals surface area contributed by atoms with E-state index in [0.29, 0.717) is 11.6 Å². The Morgan fingerprint density at radius 2 is 2.06 bits per heavy atom. The predicted octanol–water partition coefficient (Wildman–Crippen LogP) is 3.38. The number of nitrogens with one attached hydrogen (secondary N) is 1. The molecule has 0 saturated carbocycles. The van der Waals surface area contributed by atoms with Crippen molar-refractivity contribution in [2.45, 2.75) is 27.3 Å². The zero-order chi connectivity index (χ0) is 13.1. The third kappa shape index (κ3) is 4.71. The minimum absolute atomic E-state index is 0.0228. The van der Waals surface area contributed by atoms with Crippen molar-refractivity contribution in [3.8, 4) is 0 Å². The lowest BCUT2D eigenvalue weighted by atomic mass is 9.97. The van der Waals surface area contributed by atoms with Gasteiger partial charge < -0.3 is 5.32 Å². The Bertz CT molecular complexity index is 413. The Morgan fingerprint density at radius 1 is 1.41 bits per heavy atom. The Labute approximate surface area is 106 Å². The average molecular weight is 257 g/mol. The molecule has 1 N–H and O–H groups in total. The van der Waals surface area contributed by atoms with Crippen LogP contribution >= 0.6 is 11.6 Å². The van der Waals surface area contributed by atoms with Gasteiger partial charge in [-0.05, 0) is 17.0 Å². The highest BCUT2D eigenvalue weighted by atomic mass is 35.5. The second kappa shape index (κ2) is 5.47. The summed E-state index contributed by atoms with van der Waals surface area (Å²) in [5.74, 6) is 0. The molecule has 5 heteroatoms. The Balaban J connectivity index is 2.64. The van der Waals surface area contributed by atoms with E-state index in [2.05, 4.69) is 26.1 Å². The van der Waals surface area contributed by atoms with Gasteiger partial charge in [0.25, 0.3) is 5.69 Å². The lowest BCUT2D eigenvalue weighted by Crippen LogP contribution is -2.26. The summed E-state index contributed by atoms with van der Waals surface area (Å²) in [7, 11) is 0. The van der Waals surface area contributed by atoms with Crippen molar-refractivity contribution in [1.82, 2.24) is 5.32 Å². The van der Waals surface area contributed by atoms with E-state index >= 15 is 0 Å². The van der Waals surface area contributed by atoms with E-state index in [4.69, 9.17) is 11.6 Å². The summed E-state index contributed by atoms with van der Waals surface area (Å²) in [4.78, 5) is 10.1. The maximum atomic E-state index is 10.5. The minimum atomic E-state index is -0.446. The maximum Gasteiger partial charge on any atom is 0.270 e. The Morgan fingerprint density at radius 3 is 2.53 bits per heavy atom. The fourth-order valence-corrected chi connectivity index (χ4v) is 1.61. The Hall–Kier alpha value is -1.13. The van der Waals surface area contributed by atoms with Crippen LogP contribution in [0.15, 0.2) is 18.2 Å². The molecule has 94 valence electrons. The molecule has 0 aromatic heterocycles. The third-order valence-corrected chi connectivity index (χ3v) is 2.57. The summed E-state index contributed by atoms with van der Waals surface area (Å²) >= 11 is 5.98. The van der Waals surface area contributed by atoms with E-state index < -0.39 is 4.92 Å². The fourth-order valence-electron chi connectivity index (χ4n) is 1.37. The lowest BCUT2D eigenvalue weighted by molar-refractivity contribution is -0.384. The highest BCUT2D eigenvalue weighted by Crippen LogP contribution is 2.22. The summed E-state index contributed by atoms with van der Waals surface area (Å²) in [6, 6.07) is 4.55. The van der Waals surface area contributed by atoms with Gasteiger partial charge in [0, 0.05) is 25.2 Å². The molecule has 1 aromatic rings. The van der Waals surface area contributed by atoms with Crippen molar-refractivity contribution in [3.05, 3.63) is 38.9 Å². The van der Waals surface area contributed by atoms with Gasteiger partial charge >= 0.3 is 0 Å². The molecule has 0 saturated heterocycles. The van der Waals surface area contributed by atoms with E-state index in [1.807, 2.05) is 0 Å². The molecule has 0 aliphatic rings. The maximum absolute atomic E-state index is 10.5. The topological polar surface area (TPSA) is 55.2 Å². The molecule has 0 atom stereocenters. The quantitative estimate of drug-likeness (QED) is 0.664. The molecule has 0 bridgehead atoms. The second-order valence-corrected chi connectivity index (χ2v) is 5.60. The van der Waals surface area contributed by atoms with Crippen LogP contribution in [0.25, 0.3) is 0 Å². The zero-order valence-electron chi connectivity index (χ0n) is 10.3. The van der Waals surface area contributed by atoms with Crippen LogP contribution in [0.3, 0.4) is 0 Å². The van der Waals surface area contributed by atoms with Crippen molar-refractivity contribution in [2.75, 3.05) is 6.54 Å². The van der Waals surface area contributed by atoms with Crippen LogP contribution in [0.1, 0.15) is 26.3 Å². The summed E-state index contributed by atoms with van der Waals surface area (Å²) in [6.07, 6.45) is 0. The first kappa shape index (κ1) is 13.9. The number of nitro benzene ring substituents is 1. The van der Waals surface area contributed by atoms with E-state index in [-0.39, 0.29) is 11.1 Å². The molecule has 0 fully saturated rings. The number of hydrogen-bond donors (Lipinski definition) is 1. The fraction of sp³-hybridized carbons (Fsp3) is 0.500. The molecular formula is C12H17ClN2O2. The molecular weight excluding hydrogens is 240 g/mol. The standard InChI is InChI=1S/C12H17ClN2O2/c1-12(2,3)8-14-7-9-4-5-10(15(16)17)6-11(9)13/h4-6,14H,7-8H2,1-3H3. The van der Waals surface area contributed by atoms with Gasteiger partial charge in [-0.1, -0.05) is 32.4 Å². The van der Waals surface area contributed by atoms with E-state index in [1.165, 1.54) is 12.1 Å². The highest BCUT2D eigenvalue weighted by Gasteiger charge is 2.11. The number of non-ortho nitro benzene ring substituents is 1. The number of rotatable bonds is 4. The smallest absolute Gasteiger partial charge is 0.270 e. The van der Waals surface area contributed by atoms with Crippen molar-refractivity contribution < 1.29 is 4.92 Å². The first-order valence-electron chi connectivity index (χ1n) is 5.43. The summed E-state index contributed by atoms with van der Waals surface area (Å²) in [5, 5.41) is 14.2. The van der Waals surface area contributed by atoms with Gasteiger partial charge in [0.05, 0.1) is 9.95 Å². The van der Waals surface area contributed by atoms with Crippen molar-refractivity contribution in [1.29, 1.82) is 0 Å². The first-order valence-corrected chi connectivity index (χ1v) is 5.81. The molecule has 0 aliphatic heterocycles. The summed E-state index contributed by atoms with van der Waals surface area (Å²) < 4.78 is 0. The van der Waals surface area contributed by atoms with Gasteiger partial charge in [-0.2, -0.15) is 0 Å². The molecule has 0 radical (unpaired) electrons. The molecule has 0 amide bonds. The monoisotopic (exact) mass is 256 g/mol. The molecule has 0 spiro atoms. The average Bonchev–Trinajstić information content (AvgIpc) is 2.18. The summed E-state index contributed by atoms with van der Waals surface area (Å²) in [6.45, 7) is 7.89. The van der Waals surface area contributed by atoms with Crippen LogP contribution in [-0.4, -0.2) is 11.5 Å². The van der Waals surface area contributed by atoms with Gasteiger partial charge in [0.15, 0.2) is 0 Å². The molecule has 1 aromatic carbocycles. The van der Waals surface area contributed by atoms with Crippen LogP contribution in [-0.2, 0) is 6.54 Å². The number of benzene rings is 1. The number of hydrogen-bond acceptors (Lipinski definition) is 3. The molecule has 0 heterocycles. The number of nitro groups is 1. The molecule has 0 unspecified atom stereocenters. The van der Waals surface area contributed by atoms with Crippen LogP contribution in [0, 0.1) is 15.5 Å². The third-order valence-electron chi connectivity index (χ3n) is 2.22. The SMILES string of the molecule is CC(C)(C)CNCc1ccc([N+](=O)[O-])cc1Cl. The molecule has 17 heavy (non-hydrogen) atoms. The molecule has 1 rings (SSSR count). The van der Waals surface area contributed by atoms with E-state index in [0.717, 1.165) is 12.1 Å². The largest absolute Gasteiger partial charge is 0.312 e. The molecule has 0 aliphatic carbocycles. The Kier molecular flexibility index (Phi) is 4.48. The van der Waals surface area contributed by atoms with Crippen molar-refractivity contribution in [3.63, 3.8) is 0 Å². The number of nitrogens with zero attached hydrogens (tertiary/aromatic N) is 1. The number of halogens is 1. The van der Waals surface area contributed by atoms with E-state index in [1.54, 1.807) is 6.07 Å². The van der Waals surface area contributed by atoms with Gasteiger partial charge in [0.2, 0.25) is 0 Å². The normalized spacial score (nSPS) is 11.5. The van der Waals surface area contributed by atoms with Crippen LogP contribution in [0.2, 0.25) is 5.02 Å². The summed E-state index contributed by atoms with van der Waals surface area (Å²) in [5.41, 5.74) is 1.10.